The number of halogens is 2. The van der Waals surface area contributed by atoms with Crippen LogP contribution >= 0.6 is 11.6 Å². The zero-order valence-corrected chi connectivity index (χ0v) is 16.3. The van der Waals surface area contributed by atoms with Crippen LogP contribution in [0.15, 0.2) is 24.4 Å². The molecule has 0 bridgehead atoms. The van der Waals surface area contributed by atoms with Gasteiger partial charge in [0.1, 0.15) is 22.4 Å². The monoisotopic (exact) mass is 414 g/mol. The third-order valence-electron chi connectivity index (χ3n) is 4.38. The SMILES string of the molecule is C[C@@H]1CN(S(=O)(=O)CCCO)CC=C1c1nc(-c2ccc(F)cn2)[nH]c1Cl. The number of imidazole rings is 1. The molecule has 2 aromatic heterocycles. The maximum absolute atomic E-state index is 13.0. The lowest BCUT2D eigenvalue weighted by Crippen LogP contribution is -2.39. The van der Waals surface area contributed by atoms with Gasteiger partial charge in [0.05, 0.1) is 11.9 Å². The molecule has 27 heavy (non-hydrogen) atoms. The molecule has 3 rings (SSSR count). The van der Waals surface area contributed by atoms with Crippen molar-refractivity contribution in [3.05, 3.63) is 41.1 Å². The molecule has 0 saturated heterocycles. The summed E-state index contributed by atoms with van der Waals surface area (Å²) in [5, 5.41) is 9.19. The van der Waals surface area contributed by atoms with Crippen LogP contribution in [-0.4, -0.2) is 58.2 Å². The lowest BCUT2D eigenvalue weighted by molar-refractivity contribution is 0.293. The normalized spacial score (nSPS) is 18.5. The van der Waals surface area contributed by atoms with Crippen molar-refractivity contribution in [1.29, 1.82) is 0 Å². The summed E-state index contributed by atoms with van der Waals surface area (Å²) in [6.45, 7) is 2.28. The van der Waals surface area contributed by atoms with E-state index in [0.717, 1.165) is 11.8 Å². The van der Waals surface area contributed by atoms with Crippen molar-refractivity contribution in [2.45, 2.75) is 13.3 Å². The van der Waals surface area contributed by atoms with Crippen LogP contribution in [0.1, 0.15) is 19.0 Å². The number of rotatable bonds is 6. The van der Waals surface area contributed by atoms with Gasteiger partial charge in [-0.2, -0.15) is 4.31 Å². The van der Waals surface area contributed by atoms with E-state index < -0.39 is 15.8 Å². The van der Waals surface area contributed by atoms with Crippen molar-refractivity contribution >= 4 is 27.2 Å². The van der Waals surface area contributed by atoms with E-state index in [1.165, 1.54) is 16.4 Å². The minimum absolute atomic E-state index is 0.0804. The zero-order chi connectivity index (χ0) is 19.6. The number of aliphatic hydroxyl groups is 1. The Hall–Kier alpha value is -1.81. The Bertz CT molecular complexity index is 944. The Balaban J connectivity index is 1.84. The van der Waals surface area contributed by atoms with Gasteiger partial charge in [-0.05, 0) is 30.0 Å². The average molecular weight is 415 g/mol. The van der Waals surface area contributed by atoms with Gasteiger partial charge in [0.25, 0.3) is 0 Å². The highest BCUT2D eigenvalue weighted by atomic mass is 35.5. The van der Waals surface area contributed by atoms with Gasteiger partial charge in [0.2, 0.25) is 10.0 Å². The molecule has 0 saturated carbocycles. The summed E-state index contributed by atoms with van der Waals surface area (Å²) in [5.74, 6) is -0.218. The van der Waals surface area contributed by atoms with Gasteiger partial charge >= 0.3 is 0 Å². The lowest BCUT2D eigenvalue weighted by Gasteiger charge is -2.30. The number of hydrogen-bond acceptors (Lipinski definition) is 5. The van der Waals surface area contributed by atoms with Gasteiger partial charge in [-0.1, -0.05) is 24.6 Å². The number of sulfonamides is 1. The summed E-state index contributed by atoms with van der Waals surface area (Å²) in [7, 11) is -3.41. The first-order chi connectivity index (χ1) is 12.8. The maximum atomic E-state index is 13.0. The number of aromatic nitrogens is 3. The highest BCUT2D eigenvalue weighted by Crippen LogP contribution is 2.33. The van der Waals surface area contributed by atoms with Crippen molar-refractivity contribution in [1.82, 2.24) is 19.3 Å². The quantitative estimate of drug-likeness (QED) is 0.755. The van der Waals surface area contributed by atoms with Gasteiger partial charge in [-0.3, -0.25) is 0 Å². The van der Waals surface area contributed by atoms with E-state index in [4.69, 9.17) is 16.7 Å². The van der Waals surface area contributed by atoms with Crippen molar-refractivity contribution < 1.29 is 17.9 Å². The molecule has 146 valence electrons. The summed E-state index contributed by atoms with van der Waals surface area (Å²) >= 11 is 6.30. The second-order valence-electron chi connectivity index (χ2n) is 6.38. The smallest absolute Gasteiger partial charge is 0.214 e. The van der Waals surface area contributed by atoms with Crippen LogP contribution in [0.2, 0.25) is 5.15 Å². The second kappa shape index (κ2) is 8.05. The topological polar surface area (TPSA) is 99.2 Å². The highest BCUT2D eigenvalue weighted by Gasteiger charge is 2.30. The van der Waals surface area contributed by atoms with Gasteiger partial charge in [-0.25, -0.2) is 22.8 Å². The van der Waals surface area contributed by atoms with Crippen LogP contribution in [-0.2, 0) is 10.0 Å². The van der Waals surface area contributed by atoms with Crippen molar-refractivity contribution in [2.75, 3.05) is 25.4 Å². The van der Waals surface area contributed by atoms with E-state index in [1.54, 1.807) is 6.08 Å². The third kappa shape index (κ3) is 4.37. The van der Waals surface area contributed by atoms with Gasteiger partial charge < -0.3 is 10.1 Å². The van der Waals surface area contributed by atoms with E-state index in [0.29, 0.717) is 28.9 Å². The molecule has 0 unspecified atom stereocenters. The van der Waals surface area contributed by atoms with Crippen molar-refractivity contribution in [2.24, 2.45) is 5.92 Å². The molecule has 1 aliphatic rings. The Morgan fingerprint density at radius 2 is 2.22 bits per heavy atom. The standard InChI is InChI=1S/C17H20ClFN4O3S/c1-11-10-23(27(25,26)8-2-7-24)6-5-13(11)15-16(18)22-17(21-15)14-4-3-12(19)9-20-14/h3-5,9,11,24H,2,6-8,10H2,1H3,(H,21,22)/t11-/m1/s1. The first-order valence-electron chi connectivity index (χ1n) is 8.48. The number of hydrogen-bond donors (Lipinski definition) is 2. The number of aromatic amines is 1. The molecular formula is C17H20ClFN4O3S. The number of aliphatic hydroxyl groups excluding tert-OH is 1. The molecule has 0 radical (unpaired) electrons. The summed E-state index contributed by atoms with van der Waals surface area (Å²) in [6, 6.07) is 2.79. The molecule has 1 atom stereocenters. The molecule has 2 N–H and O–H groups in total. The molecule has 0 amide bonds. The number of pyridine rings is 1. The number of H-pyrrole nitrogens is 1. The lowest BCUT2D eigenvalue weighted by atomic mass is 9.95. The molecule has 1 aliphatic heterocycles. The highest BCUT2D eigenvalue weighted by molar-refractivity contribution is 7.89. The van der Waals surface area contributed by atoms with Crippen LogP contribution in [0.4, 0.5) is 4.39 Å². The molecule has 0 aromatic carbocycles. The summed E-state index contributed by atoms with van der Waals surface area (Å²) in [5.41, 5.74) is 1.85. The predicted molar refractivity (Wildman–Crippen MR) is 101 cm³/mol. The fourth-order valence-corrected chi connectivity index (χ4v) is 4.74. The van der Waals surface area contributed by atoms with E-state index in [9.17, 15) is 12.8 Å². The number of nitrogens with zero attached hydrogens (tertiary/aromatic N) is 3. The average Bonchev–Trinajstić information content (AvgIpc) is 3.02. The van der Waals surface area contributed by atoms with Crippen LogP contribution in [0, 0.1) is 11.7 Å². The van der Waals surface area contributed by atoms with Crippen LogP contribution < -0.4 is 0 Å². The molecule has 7 nitrogen and oxygen atoms in total. The Kier molecular flexibility index (Phi) is 5.95. The van der Waals surface area contributed by atoms with Crippen LogP contribution in [0.5, 0.6) is 0 Å². The zero-order valence-electron chi connectivity index (χ0n) is 14.7. The van der Waals surface area contributed by atoms with E-state index in [1.807, 2.05) is 6.92 Å². The second-order valence-corrected chi connectivity index (χ2v) is 8.85. The van der Waals surface area contributed by atoms with Crippen LogP contribution in [0.25, 0.3) is 17.1 Å². The fourth-order valence-electron chi connectivity index (χ4n) is 2.99. The first kappa shape index (κ1) is 19.9. The van der Waals surface area contributed by atoms with Gasteiger partial charge in [0, 0.05) is 19.7 Å². The Morgan fingerprint density at radius 1 is 1.44 bits per heavy atom. The summed E-state index contributed by atoms with van der Waals surface area (Å²) < 4.78 is 39.1. The first-order valence-corrected chi connectivity index (χ1v) is 10.5. The van der Waals surface area contributed by atoms with E-state index in [-0.39, 0.29) is 31.2 Å². The molecule has 0 spiro atoms. The fraction of sp³-hybridized carbons (Fsp3) is 0.412. The Labute approximate surface area is 162 Å². The minimum atomic E-state index is -3.41. The summed E-state index contributed by atoms with van der Waals surface area (Å²) in [4.78, 5) is 11.4. The molecule has 3 heterocycles. The van der Waals surface area contributed by atoms with E-state index >= 15 is 0 Å². The largest absolute Gasteiger partial charge is 0.396 e. The maximum Gasteiger partial charge on any atom is 0.214 e. The third-order valence-corrected chi connectivity index (χ3v) is 6.54. The Morgan fingerprint density at radius 3 is 2.85 bits per heavy atom. The van der Waals surface area contributed by atoms with Gasteiger partial charge in [0.15, 0.2) is 5.82 Å². The molecule has 2 aromatic rings. The molecule has 0 fully saturated rings. The van der Waals surface area contributed by atoms with Crippen molar-refractivity contribution in [3.63, 3.8) is 0 Å². The molecule has 0 aliphatic carbocycles. The minimum Gasteiger partial charge on any atom is -0.396 e. The van der Waals surface area contributed by atoms with Crippen LogP contribution in [0.3, 0.4) is 0 Å². The summed E-state index contributed by atoms with van der Waals surface area (Å²) in [6.07, 6.45) is 3.11. The van der Waals surface area contributed by atoms with E-state index in [2.05, 4.69) is 15.0 Å². The van der Waals surface area contributed by atoms with Crippen molar-refractivity contribution in [3.8, 4) is 11.5 Å². The van der Waals surface area contributed by atoms with Gasteiger partial charge in [-0.15, -0.1) is 0 Å². The predicted octanol–water partition coefficient (Wildman–Crippen LogP) is 2.31. The number of nitrogens with one attached hydrogen (secondary N) is 1. The molecule has 10 heteroatoms. The molecular weight excluding hydrogens is 395 g/mol.